The molecule has 0 unspecified atom stereocenters. The Labute approximate surface area is 166 Å². The number of likely N-dealkylation sites (N-methyl/N-ethyl adjacent to an activating group) is 1. The first-order valence-corrected chi connectivity index (χ1v) is 9.71. The lowest BCUT2D eigenvalue weighted by Gasteiger charge is -2.23. The first-order valence-electron chi connectivity index (χ1n) is 9.71. The molecule has 6 nitrogen and oxygen atoms in total. The number of nitrogens with zero attached hydrogens (tertiary/aromatic N) is 1. The van der Waals surface area contributed by atoms with Crippen molar-refractivity contribution in [2.75, 3.05) is 31.6 Å². The van der Waals surface area contributed by atoms with Gasteiger partial charge in [-0.25, -0.2) is 0 Å². The number of nitrogens with one attached hydrogen (secondary N) is 1. The van der Waals surface area contributed by atoms with Crippen LogP contribution >= 0.6 is 0 Å². The average molecular weight is 384 g/mol. The predicted octanol–water partition coefficient (Wildman–Crippen LogP) is 3.71. The summed E-state index contributed by atoms with van der Waals surface area (Å²) in [7, 11) is 0. The monoisotopic (exact) mass is 384 g/mol. The summed E-state index contributed by atoms with van der Waals surface area (Å²) in [5, 5.41) is 2.94. The van der Waals surface area contributed by atoms with Gasteiger partial charge in [0.1, 0.15) is 19.0 Å². The molecule has 2 aromatic rings. The minimum atomic E-state index is -0.0687. The van der Waals surface area contributed by atoms with Gasteiger partial charge in [-0.3, -0.25) is 9.69 Å². The third-order valence-electron chi connectivity index (χ3n) is 4.37. The van der Waals surface area contributed by atoms with Gasteiger partial charge in [0, 0.05) is 23.9 Å². The fraction of sp³-hybridized carbons (Fsp3) is 0.409. The highest BCUT2D eigenvalue weighted by molar-refractivity contribution is 5.92. The van der Waals surface area contributed by atoms with E-state index in [1.54, 1.807) is 6.07 Å². The van der Waals surface area contributed by atoms with Crippen LogP contribution in [0.15, 0.2) is 42.5 Å². The Morgan fingerprint density at radius 2 is 1.89 bits per heavy atom. The van der Waals surface area contributed by atoms with Crippen LogP contribution in [0.3, 0.4) is 0 Å². The van der Waals surface area contributed by atoms with Crippen molar-refractivity contribution >= 4 is 11.6 Å². The number of amides is 1. The molecule has 0 fully saturated rings. The summed E-state index contributed by atoms with van der Waals surface area (Å²) in [6, 6.07) is 13.4. The molecule has 1 amide bonds. The second-order valence-corrected chi connectivity index (χ2v) is 6.98. The smallest absolute Gasteiger partial charge is 0.238 e. The molecule has 0 aliphatic carbocycles. The van der Waals surface area contributed by atoms with Crippen LogP contribution in [0.1, 0.15) is 26.3 Å². The molecule has 0 bridgehead atoms. The SMILES string of the molecule is CCN(CC(=O)Nc1ccc2c(c1)OCCO2)Cc1ccccc1OC(C)C. The number of hydrogen-bond acceptors (Lipinski definition) is 5. The third kappa shape index (κ3) is 5.39. The topological polar surface area (TPSA) is 60.0 Å². The van der Waals surface area contributed by atoms with Crippen molar-refractivity contribution in [1.82, 2.24) is 4.90 Å². The summed E-state index contributed by atoms with van der Waals surface area (Å²) < 4.78 is 17.0. The number of benzene rings is 2. The molecule has 0 saturated heterocycles. The Kier molecular flexibility index (Phi) is 6.76. The summed E-state index contributed by atoms with van der Waals surface area (Å²) in [5.41, 5.74) is 1.78. The number of anilines is 1. The van der Waals surface area contributed by atoms with Crippen LogP contribution in [0.4, 0.5) is 5.69 Å². The van der Waals surface area contributed by atoms with Crippen molar-refractivity contribution in [2.24, 2.45) is 0 Å². The summed E-state index contributed by atoms with van der Waals surface area (Å²) in [4.78, 5) is 14.6. The molecule has 0 atom stereocenters. The second kappa shape index (κ2) is 9.46. The Balaban J connectivity index is 1.61. The van der Waals surface area contributed by atoms with E-state index in [-0.39, 0.29) is 12.0 Å². The minimum absolute atomic E-state index is 0.0687. The maximum absolute atomic E-state index is 12.5. The number of hydrogen-bond donors (Lipinski definition) is 1. The average Bonchev–Trinajstić information content (AvgIpc) is 2.68. The van der Waals surface area contributed by atoms with E-state index < -0.39 is 0 Å². The van der Waals surface area contributed by atoms with E-state index in [0.717, 1.165) is 17.9 Å². The number of ether oxygens (including phenoxy) is 3. The number of para-hydroxylation sites is 1. The lowest BCUT2D eigenvalue weighted by Crippen LogP contribution is -2.33. The first-order chi connectivity index (χ1) is 13.5. The van der Waals surface area contributed by atoms with E-state index in [9.17, 15) is 4.79 Å². The predicted molar refractivity (Wildman–Crippen MR) is 109 cm³/mol. The van der Waals surface area contributed by atoms with Crippen LogP contribution in [0.5, 0.6) is 17.2 Å². The molecule has 1 N–H and O–H groups in total. The lowest BCUT2D eigenvalue weighted by molar-refractivity contribution is -0.117. The molecule has 0 spiro atoms. The molecule has 1 aliphatic heterocycles. The zero-order valence-corrected chi connectivity index (χ0v) is 16.7. The molecule has 6 heteroatoms. The van der Waals surface area contributed by atoms with Gasteiger partial charge < -0.3 is 19.5 Å². The maximum atomic E-state index is 12.5. The Morgan fingerprint density at radius 1 is 1.14 bits per heavy atom. The highest BCUT2D eigenvalue weighted by Gasteiger charge is 2.15. The number of carbonyl (C=O) groups excluding carboxylic acids is 1. The Hall–Kier alpha value is -2.73. The van der Waals surface area contributed by atoms with Crippen molar-refractivity contribution in [3.63, 3.8) is 0 Å². The van der Waals surface area contributed by atoms with Gasteiger partial charge in [0.15, 0.2) is 11.5 Å². The van der Waals surface area contributed by atoms with Gasteiger partial charge in [-0.15, -0.1) is 0 Å². The quantitative estimate of drug-likeness (QED) is 0.752. The first kappa shape index (κ1) is 20.0. The molecule has 0 aromatic heterocycles. The van der Waals surface area contributed by atoms with E-state index in [0.29, 0.717) is 43.5 Å². The van der Waals surface area contributed by atoms with Crippen LogP contribution in [-0.4, -0.2) is 43.2 Å². The largest absolute Gasteiger partial charge is 0.491 e. The number of fused-ring (bicyclic) bond motifs is 1. The van der Waals surface area contributed by atoms with Crippen LogP contribution in [0, 0.1) is 0 Å². The number of carbonyl (C=O) groups is 1. The minimum Gasteiger partial charge on any atom is -0.491 e. The van der Waals surface area contributed by atoms with Gasteiger partial charge in [0.2, 0.25) is 5.91 Å². The van der Waals surface area contributed by atoms with Gasteiger partial charge >= 0.3 is 0 Å². The van der Waals surface area contributed by atoms with Crippen molar-refractivity contribution in [1.29, 1.82) is 0 Å². The van der Waals surface area contributed by atoms with Gasteiger partial charge in [-0.05, 0) is 38.6 Å². The summed E-state index contributed by atoms with van der Waals surface area (Å²) in [6.45, 7) is 8.82. The molecular weight excluding hydrogens is 356 g/mol. The highest BCUT2D eigenvalue weighted by atomic mass is 16.6. The van der Waals surface area contributed by atoms with Crippen molar-refractivity contribution in [3.05, 3.63) is 48.0 Å². The van der Waals surface area contributed by atoms with Crippen LogP contribution < -0.4 is 19.5 Å². The Morgan fingerprint density at radius 3 is 2.64 bits per heavy atom. The van der Waals surface area contributed by atoms with E-state index in [4.69, 9.17) is 14.2 Å². The van der Waals surface area contributed by atoms with Gasteiger partial charge in [-0.2, -0.15) is 0 Å². The van der Waals surface area contributed by atoms with Crippen LogP contribution in [0.2, 0.25) is 0 Å². The van der Waals surface area contributed by atoms with E-state index in [2.05, 4.69) is 10.2 Å². The molecule has 1 aliphatic rings. The normalized spacial score (nSPS) is 12.9. The van der Waals surface area contributed by atoms with Crippen molar-refractivity contribution < 1.29 is 19.0 Å². The van der Waals surface area contributed by atoms with Crippen LogP contribution in [0.25, 0.3) is 0 Å². The zero-order chi connectivity index (χ0) is 19.9. The van der Waals surface area contributed by atoms with E-state index >= 15 is 0 Å². The van der Waals surface area contributed by atoms with Crippen molar-refractivity contribution in [2.45, 2.75) is 33.4 Å². The molecule has 150 valence electrons. The summed E-state index contributed by atoms with van der Waals surface area (Å²) in [5.74, 6) is 2.17. The molecular formula is C22H28N2O4. The molecule has 2 aromatic carbocycles. The second-order valence-electron chi connectivity index (χ2n) is 6.98. The van der Waals surface area contributed by atoms with Crippen molar-refractivity contribution in [3.8, 4) is 17.2 Å². The fourth-order valence-corrected chi connectivity index (χ4v) is 3.05. The van der Waals surface area contributed by atoms with Gasteiger partial charge in [0.25, 0.3) is 0 Å². The number of rotatable bonds is 8. The van der Waals surface area contributed by atoms with Gasteiger partial charge in [0.05, 0.1) is 12.6 Å². The summed E-state index contributed by atoms with van der Waals surface area (Å²) in [6.07, 6.45) is 0.106. The standard InChI is InChI=1S/C22H28N2O4/c1-4-24(14-17-7-5-6-8-19(17)28-16(2)3)15-22(25)23-18-9-10-20-21(13-18)27-12-11-26-20/h5-10,13,16H,4,11-12,14-15H2,1-3H3,(H,23,25). The van der Waals surface area contributed by atoms with Gasteiger partial charge in [-0.1, -0.05) is 25.1 Å². The van der Waals surface area contributed by atoms with E-state index in [1.807, 2.05) is 57.2 Å². The molecule has 0 saturated carbocycles. The molecule has 0 radical (unpaired) electrons. The third-order valence-corrected chi connectivity index (χ3v) is 4.37. The highest BCUT2D eigenvalue weighted by Crippen LogP contribution is 2.32. The fourth-order valence-electron chi connectivity index (χ4n) is 3.05. The molecule has 1 heterocycles. The lowest BCUT2D eigenvalue weighted by atomic mass is 10.2. The summed E-state index contributed by atoms with van der Waals surface area (Å²) >= 11 is 0. The van der Waals surface area contributed by atoms with E-state index in [1.165, 1.54) is 0 Å². The zero-order valence-electron chi connectivity index (χ0n) is 16.7. The maximum Gasteiger partial charge on any atom is 0.238 e. The molecule has 3 rings (SSSR count). The molecule has 28 heavy (non-hydrogen) atoms. The van der Waals surface area contributed by atoms with Crippen LogP contribution in [-0.2, 0) is 11.3 Å². The Bertz CT molecular complexity index is 807.